The van der Waals surface area contributed by atoms with Crippen molar-refractivity contribution in [2.75, 3.05) is 11.8 Å². The lowest BCUT2D eigenvalue weighted by molar-refractivity contribution is -0.123. The lowest BCUT2D eigenvalue weighted by Crippen LogP contribution is -2.49. The minimum Gasteiger partial charge on any atom is -0.453 e. The fourth-order valence-corrected chi connectivity index (χ4v) is 5.40. The molecular formula is C27H28N4O6S2. The third-order valence-electron chi connectivity index (χ3n) is 5.96. The number of nitrogens with one attached hydrogen (secondary N) is 3. The van der Waals surface area contributed by atoms with E-state index < -0.39 is 34.4 Å². The number of benzene rings is 2. The second kappa shape index (κ2) is 12.7. The van der Waals surface area contributed by atoms with E-state index in [9.17, 15) is 18.0 Å². The van der Waals surface area contributed by atoms with E-state index in [-0.39, 0.29) is 12.1 Å². The Balaban J connectivity index is 1.58. The van der Waals surface area contributed by atoms with Gasteiger partial charge in [-0.3, -0.25) is 14.1 Å². The van der Waals surface area contributed by atoms with Crippen molar-refractivity contribution < 1.29 is 27.3 Å². The number of carbonyl (C=O) groups excluding carboxylic acids is 2. The van der Waals surface area contributed by atoms with E-state index >= 15 is 0 Å². The maximum atomic E-state index is 13.5. The van der Waals surface area contributed by atoms with Crippen molar-refractivity contribution >= 4 is 44.9 Å². The summed E-state index contributed by atoms with van der Waals surface area (Å²) in [7, 11) is -3.16. The number of carbonyl (C=O) groups is 2. The summed E-state index contributed by atoms with van der Waals surface area (Å²) >= 11 is 1.48. The van der Waals surface area contributed by atoms with Crippen LogP contribution < -0.4 is 15.4 Å². The predicted molar refractivity (Wildman–Crippen MR) is 150 cm³/mol. The van der Waals surface area contributed by atoms with Crippen LogP contribution >= 0.6 is 11.3 Å². The molecule has 204 valence electrons. The van der Waals surface area contributed by atoms with Crippen LogP contribution in [0.5, 0.6) is 0 Å². The molecule has 0 radical (unpaired) electrons. The quantitative estimate of drug-likeness (QED) is 0.255. The van der Waals surface area contributed by atoms with Crippen molar-refractivity contribution in [3.8, 4) is 0 Å². The van der Waals surface area contributed by atoms with Crippen LogP contribution in [-0.2, 0) is 32.7 Å². The second-order valence-corrected chi connectivity index (χ2v) is 10.8. The van der Waals surface area contributed by atoms with E-state index in [0.717, 1.165) is 28.1 Å². The van der Waals surface area contributed by atoms with E-state index in [2.05, 4.69) is 10.6 Å². The van der Waals surface area contributed by atoms with Gasteiger partial charge in [0.1, 0.15) is 11.0 Å². The van der Waals surface area contributed by atoms with E-state index in [0.29, 0.717) is 12.1 Å². The topological polar surface area (TPSA) is 147 Å². The second-order valence-electron chi connectivity index (χ2n) is 8.82. The van der Waals surface area contributed by atoms with E-state index in [1.807, 2.05) is 58.7 Å². The summed E-state index contributed by atoms with van der Waals surface area (Å²) in [6.07, 6.45) is 6.69. The molecule has 0 spiro atoms. The molecule has 1 aliphatic rings. The van der Waals surface area contributed by atoms with Crippen LogP contribution in [0.25, 0.3) is 5.57 Å². The highest BCUT2D eigenvalue weighted by molar-refractivity contribution is 7.87. The Kier molecular flexibility index (Phi) is 9.12. The van der Waals surface area contributed by atoms with Crippen LogP contribution in [0.15, 0.2) is 78.2 Å². The molecule has 0 aliphatic heterocycles. The summed E-state index contributed by atoms with van der Waals surface area (Å²) < 4.78 is 38.0. The molecule has 0 saturated heterocycles. The normalized spacial score (nSPS) is 14.3. The first-order valence-electron chi connectivity index (χ1n) is 12.0. The van der Waals surface area contributed by atoms with Gasteiger partial charge in [-0.05, 0) is 41.7 Å². The summed E-state index contributed by atoms with van der Waals surface area (Å²) in [4.78, 5) is 30.3. The number of nitrogens with zero attached hydrogens (tertiary/aromatic N) is 1. The van der Waals surface area contributed by atoms with Gasteiger partial charge in [-0.2, -0.15) is 8.42 Å². The maximum absolute atomic E-state index is 13.5. The number of thiazole rings is 1. The largest absolute Gasteiger partial charge is 0.453 e. The maximum Gasteiger partial charge on any atom is 0.407 e. The highest BCUT2D eigenvalue weighted by Crippen LogP contribution is 2.29. The smallest absolute Gasteiger partial charge is 0.407 e. The summed E-state index contributed by atoms with van der Waals surface area (Å²) in [5, 5.41) is 8.41. The number of ether oxygens (including phenoxy) is 1. The van der Waals surface area contributed by atoms with Crippen molar-refractivity contribution in [3.05, 3.63) is 100 Å². The van der Waals surface area contributed by atoms with E-state index in [1.54, 1.807) is 12.1 Å². The average Bonchev–Trinajstić information content (AvgIpc) is 3.61. The molecule has 10 nitrogen and oxygen atoms in total. The minimum atomic E-state index is -4.40. The third kappa shape index (κ3) is 8.24. The summed E-state index contributed by atoms with van der Waals surface area (Å²) in [5.74, 6) is -0.407. The average molecular weight is 569 g/mol. The van der Waals surface area contributed by atoms with Gasteiger partial charge in [0.2, 0.25) is 5.91 Å². The number of hydrogen-bond acceptors (Lipinski definition) is 7. The van der Waals surface area contributed by atoms with Crippen LogP contribution in [0.4, 0.5) is 10.5 Å². The molecule has 1 aliphatic carbocycles. The number of rotatable bonds is 11. The molecule has 4 N–H and O–H groups in total. The van der Waals surface area contributed by atoms with Crippen molar-refractivity contribution in [3.63, 3.8) is 0 Å². The number of anilines is 1. The first-order chi connectivity index (χ1) is 18.7. The van der Waals surface area contributed by atoms with Gasteiger partial charge in [0.05, 0.1) is 24.5 Å². The number of allylic oxidation sites excluding steroid dienone is 4. The van der Waals surface area contributed by atoms with Crippen molar-refractivity contribution in [2.24, 2.45) is 0 Å². The molecule has 0 saturated carbocycles. The Labute approximate surface area is 230 Å². The molecule has 12 heteroatoms. The molecule has 1 aromatic heterocycles. The summed E-state index contributed by atoms with van der Waals surface area (Å²) in [6, 6.07) is 14.3. The van der Waals surface area contributed by atoms with Crippen LogP contribution in [0.1, 0.15) is 34.3 Å². The highest BCUT2D eigenvalue weighted by Gasteiger charge is 2.26. The molecule has 39 heavy (non-hydrogen) atoms. The Bertz CT molecular complexity index is 1470. The van der Waals surface area contributed by atoms with Gasteiger partial charge < -0.3 is 15.4 Å². The lowest BCUT2D eigenvalue weighted by Gasteiger charge is -2.23. The molecule has 1 heterocycles. The first-order valence-corrected chi connectivity index (χ1v) is 14.4. The zero-order valence-corrected chi connectivity index (χ0v) is 22.7. The van der Waals surface area contributed by atoms with Crippen molar-refractivity contribution in [1.82, 2.24) is 15.6 Å². The van der Waals surface area contributed by atoms with Crippen molar-refractivity contribution in [1.29, 1.82) is 0 Å². The fourth-order valence-electron chi connectivity index (χ4n) is 4.06. The Morgan fingerprint density at radius 2 is 1.77 bits per heavy atom. The van der Waals surface area contributed by atoms with E-state index in [4.69, 9.17) is 14.3 Å². The third-order valence-corrected chi connectivity index (χ3v) is 7.39. The first kappa shape index (κ1) is 28.0. The van der Waals surface area contributed by atoms with E-state index in [1.165, 1.54) is 30.6 Å². The van der Waals surface area contributed by atoms with Gasteiger partial charge in [0, 0.05) is 11.8 Å². The van der Waals surface area contributed by atoms with Gasteiger partial charge >= 0.3 is 16.4 Å². The molecule has 2 amide bonds. The van der Waals surface area contributed by atoms with Crippen LogP contribution in [-0.4, -0.2) is 43.1 Å². The predicted octanol–water partition coefficient (Wildman–Crippen LogP) is 4.07. The zero-order valence-electron chi connectivity index (χ0n) is 21.0. The SMILES string of the molecule is COC(=O)NC(Cc1ccccc1)C(=O)NC(Cc1ccc(NS(=O)(=O)O)cc1)c1csc(C2=CC=CC2)n1. The standard InChI is InChI=1S/C27H28N4O6S2/c1-37-27(33)30-23(16-18-7-3-2-4-8-18)25(32)28-22(24-17-38-26(29-24)20-9-5-6-10-20)15-19-11-13-21(14-12-19)31-39(34,35)36/h2-9,11-14,17,22-23,31H,10,15-16H2,1H3,(H,28,32)(H,30,33)(H,34,35,36). The summed E-state index contributed by atoms with van der Waals surface area (Å²) in [5.41, 5.74) is 3.60. The lowest BCUT2D eigenvalue weighted by atomic mass is 10.0. The molecule has 2 atom stereocenters. The van der Waals surface area contributed by atoms with Gasteiger partial charge in [-0.25, -0.2) is 9.78 Å². The van der Waals surface area contributed by atoms with Gasteiger partial charge in [0.15, 0.2) is 0 Å². The van der Waals surface area contributed by atoms with Gasteiger partial charge in [-0.15, -0.1) is 11.3 Å². The molecule has 0 fully saturated rings. The van der Waals surface area contributed by atoms with Gasteiger partial charge in [-0.1, -0.05) is 60.7 Å². The van der Waals surface area contributed by atoms with Crippen LogP contribution in [0, 0.1) is 0 Å². The molecule has 4 rings (SSSR count). The Morgan fingerprint density at radius 1 is 1.05 bits per heavy atom. The zero-order chi connectivity index (χ0) is 27.8. The molecule has 3 aromatic rings. The Morgan fingerprint density at radius 3 is 2.41 bits per heavy atom. The highest BCUT2D eigenvalue weighted by atomic mass is 32.2. The summed E-state index contributed by atoms with van der Waals surface area (Å²) in [6.45, 7) is 0. The molecule has 2 aromatic carbocycles. The monoisotopic (exact) mass is 568 g/mol. The molecular weight excluding hydrogens is 540 g/mol. The fraction of sp³-hybridized carbons (Fsp3) is 0.222. The van der Waals surface area contributed by atoms with Gasteiger partial charge in [0.25, 0.3) is 0 Å². The molecule has 2 unspecified atom stereocenters. The number of methoxy groups -OCH3 is 1. The molecule has 0 bridgehead atoms. The van der Waals surface area contributed by atoms with Crippen LogP contribution in [0.2, 0.25) is 0 Å². The Hall–Kier alpha value is -4.00. The number of aromatic nitrogens is 1. The number of alkyl carbamates (subject to hydrolysis) is 1. The number of hydrogen-bond donors (Lipinski definition) is 4. The van der Waals surface area contributed by atoms with Crippen molar-refractivity contribution in [2.45, 2.75) is 31.3 Å². The minimum absolute atomic E-state index is 0.198. The number of amides is 2. The van der Waals surface area contributed by atoms with Crippen LogP contribution in [0.3, 0.4) is 0 Å².